The van der Waals surface area contributed by atoms with Gasteiger partial charge in [-0.1, -0.05) is 24.3 Å². The van der Waals surface area contributed by atoms with Crippen LogP contribution in [0.25, 0.3) is 0 Å². The maximum absolute atomic E-state index is 10.5. The molecule has 0 unspecified atom stereocenters. The summed E-state index contributed by atoms with van der Waals surface area (Å²) in [5.74, 6) is 0. The predicted octanol–water partition coefficient (Wildman–Crippen LogP) is 2.93. The first-order valence-electron chi connectivity index (χ1n) is 7.32. The number of primary amides is 1. The first-order valence-corrected chi connectivity index (χ1v) is 7.32. The summed E-state index contributed by atoms with van der Waals surface area (Å²) in [7, 11) is 0. The van der Waals surface area contributed by atoms with Gasteiger partial charge < -0.3 is 10.5 Å². The van der Waals surface area contributed by atoms with Crippen molar-refractivity contribution in [2.24, 2.45) is 15.7 Å². The quantitative estimate of drug-likeness (QED) is 0.659. The lowest BCUT2D eigenvalue weighted by atomic mass is 9.82. The standard InChI is InChI=1S/C14H16N2O2.C3H7NO2/c1-13(2,15-9-17)11-7-5-6-8-12(11)14(3,4)16-10-18;1-2-6-3(4)5/h5-8H,1-4H3;2H2,1H3,(H2,4,5). The second-order valence-corrected chi connectivity index (χ2v) is 5.82. The van der Waals surface area contributed by atoms with Gasteiger partial charge in [-0.3, -0.25) is 0 Å². The van der Waals surface area contributed by atoms with Gasteiger partial charge in [-0.2, -0.15) is 9.98 Å². The van der Waals surface area contributed by atoms with Gasteiger partial charge in [0, 0.05) is 0 Å². The lowest BCUT2D eigenvalue weighted by Gasteiger charge is -2.28. The van der Waals surface area contributed by atoms with Crippen molar-refractivity contribution in [3.63, 3.8) is 0 Å². The fourth-order valence-corrected chi connectivity index (χ4v) is 2.04. The summed E-state index contributed by atoms with van der Waals surface area (Å²) in [5.41, 5.74) is 4.83. The fraction of sp³-hybridized carbons (Fsp3) is 0.471. The zero-order chi connectivity index (χ0) is 18.8. The number of amides is 1. The van der Waals surface area contributed by atoms with Crippen molar-refractivity contribution in [1.29, 1.82) is 0 Å². The molecular formula is C17H23N3O4. The van der Waals surface area contributed by atoms with Crippen LogP contribution in [0.4, 0.5) is 4.79 Å². The number of ether oxygens (including phenoxy) is 1. The molecule has 0 heterocycles. The monoisotopic (exact) mass is 333 g/mol. The van der Waals surface area contributed by atoms with Crippen LogP contribution in [0, 0.1) is 0 Å². The van der Waals surface area contributed by atoms with Crippen molar-refractivity contribution in [2.45, 2.75) is 45.7 Å². The largest absolute Gasteiger partial charge is 0.450 e. The first-order chi connectivity index (χ1) is 11.1. The lowest BCUT2D eigenvalue weighted by Crippen LogP contribution is -2.23. The van der Waals surface area contributed by atoms with Gasteiger partial charge in [-0.15, -0.1) is 0 Å². The molecule has 2 N–H and O–H groups in total. The maximum atomic E-state index is 10.5. The molecule has 7 heteroatoms. The van der Waals surface area contributed by atoms with Gasteiger partial charge in [-0.25, -0.2) is 14.4 Å². The predicted molar refractivity (Wildman–Crippen MR) is 89.9 cm³/mol. The summed E-state index contributed by atoms with van der Waals surface area (Å²) in [5, 5.41) is 0. The zero-order valence-electron chi connectivity index (χ0n) is 14.6. The van der Waals surface area contributed by atoms with Crippen LogP contribution in [0.5, 0.6) is 0 Å². The van der Waals surface area contributed by atoms with E-state index in [2.05, 4.69) is 20.5 Å². The Kier molecular flexibility index (Phi) is 8.33. The second-order valence-electron chi connectivity index (χ2n) is 5.82. The van der Waals surface area contributed by atoms with Crippen LogP contribution in [0.2, 0.25) is 0 Å². The summed E-state index contributed by atoms with van der Waals surface area (Å²) in [6, 6.07) is 7.47. The summed E-state index contributed by atoms with van der Waals surface area (Å²) >= 11 is 0. The van der Waals surface area contributed by atoms with Gasteiger partial charge in [-0.05, 0) is 45.7 Å². The Morgan fingerprint density at radius 2 is 1.42 bits per heavy atom. The van der Waals surface area contributed by atoms with E-state index in [0.717, 1.165) is 11.1 Å². The molecule has 1 amide bonds. The molecule has 0 saturated carbocycles. The van der Waals surface area contributed by atoms with Gasteiger partial charge in [0.2, 0.25) is 12.2 Å². The molecule has 0 radical (unpaired) electrons. The van der Waals surface area contributed by atoms with Crippen LogP contribution in [-0.4, -0.2) is 24.9 Å². The molecule has 0 spiro atoms. The molecule has 0 bridgehead atoms. The molecular weight excluding hydrogens is 310 g/mol. The third-order valence-electron chi connectivity index (χ3n) is 3.18. The van der Waals surface area contributed by atoms with Gasteiger partial charge in [0.15, 0.2) is 0 Å². The summed E-state index contributed by atoms with van der Waals surface area (Å²) in [4.78, 5) is 38.2. The summed E-state index contributed by atoms with van der Waals surface area (Å²) < 4.78 is 4.18. The fourth-order valence-electron chi connectivity index (χ4n) is 2.04. The number of carbonyl (C=O) groups excluding carboxylic acids is 3. The summed E-state index contributed by atoms with van der Waals surface area (Å²) in [6.07, 6.45) is 2.46. The smallest absolute Gasteiger partial charge is 0.404 e. The Morgan fingerprint density at radius 3 is 1.62 bits per heavy atom. The van der Waals surface area contributed by atoms with E-state index in [4.69, 9.17) is 0 Å². The minimum atomic E-state index is -0.711. The molecule has 130 valence electrons. The molecule has 0 saturated heterocycles. The minimum Gasteiger partial charge on any atom is -0.450 e. The average Bonchev–Trinajstić information content (AvgIpc) is 2.47. The van der Waals surface area contributed by atoms with E-state index in [1.54, 1.807) is 19.1 Å². The van der Waals surface area contributed by atoms with E-state index < -0.39 is 17.2 Å². The van der Waals surface area contributed by atoms with Crippen molar-refractivity contribution >= 4 is 18.3 Å². The number of hydrogen-bond donors (Lipinski definition) is 1. The van der Waals surface area contributed by atoms with Crippen molar-refractivity contribution in [3.8, 4) is 0 Å². The minimum absolute atomic E-state index is 0.356. The molecule has 0 aliphatic rings. The summed E-state index contributed by atoms with van der Waals surface area (Å²) in [6.45, 7) is 9.32. The van der Waals surface area contributed by atoms with E-state index in [9.17, 15) is 14.4 Å². The number of carbonyl (C=O) groups is 1. The lowest BCUT2D eigenvalue weighted by molar-refractivity contribution is 0.163. The average molecular weight is 333 g/mol. The normalized spacial score (nSPS) is 10.4. The molecule has 1 aromatic carbocycles. The molecule has 1 aromatic rings. The maximum Gasteiger partial charge on any atom is 0.404 e. The third-order valence-corrected chi connectivity index (χ3v) is 3.18. The van der Waals surface area contributed by atoms with Gasteiger partial charge in [0.1, 0.15) is 0 Å². The van der Waals surface area contributed by atoms with E-state index in [0.29, 0.717) is 6.61 Å². The van der Waals surface area contributed by atoms with Crippen LogP contribution >= 0.6 is 0 Å². The molecule has 0 aliphatic carbocycles. The van der Waals surface area contributed by atoms with Crippen LogP contribution in [0.1, 0.15) is 45.7 Å². The Labute approximate surface area is 141 Å². The Hall–Kier alpha value is -2.75. The molecule has 0 fully saturated rings. The van der Waals surface area contributed by atoms with Gasteiger partial charge in [0.05, 0.1) is 17.7 Å². The number of nitrogens with two attached hydrogens (primary N) is 1. The van der Waals surface area contributed by atoms with Crippen LogP contribution in [0.15, 0.2) is 34.3 Å². The van der Waals surface area contributed by atoms with E-state index >= 15 is 0 Å². The number of hydrogen-bond acceptors (Lipinski definition) is 6. The van der Waals surface area contributed by atoms with Crippen LogP contribution in [-0.2, 0) is 25.4 Å². The number of aliphatic imine (C=N–C) groups is 2. The molecule has 0 aliphatic heterocycles. The molecule has 7 nitrogen and oxygen atoms in total. The van der Waals surface area contributed by atoms with Crippen molar-refractivity contribution in [3.05, 3.63) is 35.4 Å². The van der Waals surface area contributed by atoms with Gasteiger partial charge in [0.25, 0.3) is 0 Å². The number of rotatable bonds is 5. The SMILES string of the molecule is CC(C)(N=C=O)c1ccccc1C(C)(C)N=C=O.CCOC(N)=O. The number of benzene rings is 1. The Bertz CT molecular complexity index is 607. The number of isocyanates is 2. The van der Waals surface area contributed by atoms with Crippen molar-refractivity contribution < 1.29 is 19.1 Å². The second kappa shape index (κ2) is 9.40. The molecule has 24 heavy (non-hydrogen) atoms. The Balaban J connectivity index is 0.000000754. The first kappa shape index (κ1) is 21.2. The zero-order valence-corrected chi connectivity index (χ0v) is 14.6. The van der Waals surface area contributed by atoms with E-state index in [1.165, 1.54) is 0 Å². The highest BCUT2D eigenvalue weighted by Crippen LogP contribution is 2.35. The highest BCUT2D eigenvalue weighted by Gasteiger charge is 2.30. The van der Waals surface area contributed by atoms with E-state index in [1.807, 2.05) is 52.0 Å². The van der Waals surface area contributed by atoms with E-state index in [-0.39, 0.29) is 0 Å². The molecule has 1 rings (SSSR count). The van der Waals surface area contributed by atoms with Crippen molar-refractivity contribution in [2.75, 3.05) is 6.61 Å². The molecule has 0 aromatic heterocycles. The third kappa shape index (κ3) is 6.57. The van der Waals surface area contributed by atoms with Crippen LogP contribution < -0.4 is 5.73 Å². The van der Waals surface area contributed by atoms with Crippen molar-refractivity contribution in [1.82, 2.24) is 0 Å². The highest BCUT2D eigenvalue weighted by atomic mass is 16.5. The van der Waals surface area contributed by atoms with Gasteiger partial charge >= 0.3 is 6.09 Å². The number of nitrogens with zero attached hydrogens (tertiary/aromatic N) is 2. The van der Waals surface area contributed by atoms with Crippen LogP contribution in [0.3, 0.4) is 0 Å². The Morgan fingerprint density at radius 1 is 1.04 bits per heavy atom. The topological polar surface area (TPSA) is 111 Å². The molecule has 0 atom stereocenters. The highest BCUT2D eigenvalue weighted by molar-refractivity contribution is 5.64.